The number of amides is 1. The molecule has 21 heavy (non-hydrogen) atoms. The van der Waals surface area contributed by atoms with Crippen LogP contribution in [0.15, 0.2) is 24.4 Å². The van der Waals surface area contributed by atoms with Crippen molar-refractivity contribution in [1.82, 2.24) is 10.3 Å². The van der Waals surface area contributed by atoms with Crippen molar-refractivity contribution in [2.24, 2.45) is 5.92 Å². The first-order valence-electron chi connectivity index (χ1n) is 7.10. The highest BCUT2D eigenvalue weighted by Crippen LogP contribution is 2.12. The van der Waals surface area contributed by atoms with Crippen LogP contribution in [0, 0.1) is 5.92 Å². The number of aromatic nitrogens is 1. The third-order valence-electron chi connectivity index (χ3n) is 3.29. The minimum atomic E-state index is -1.06. The van der Waals surface area contributed by atoms with Gasteiger partial charge in [-0.05, 0) is 31.4 Å². The van der Waals surface area contributed by atoms with Gasteiger partial charge in [-0.2, -0.15) is 0 Å². The second kappa shape index (κ2) is 8.19. The topological polar surface area (TPSA) is 79.3 Å². The Morgan fingerprint density at radius 1 is 1.43 bits per heavy atom. The molecule has 1 rings (SSSR count). The van der Waals surface area contributed by atoms with Gasteiger partial charge in [-0.25, -0.2) is 4.79 Å². The highest BCUT2D eigenvalue weighted by Gasteiger charge is 2.15. The maximum atomic E-state index is 12.2. The minimum Gasteiger partial charge on any atom is -0.478 e. The summed E-state index contributed by atoms with van der Waals surface area (Å²) in [6.07, 6.45) is 5.86. The second-order valence-electron chi connectivity index (χ2n) is 5.24. The van der Waals surface area contributed by atoms with E-state index in [1.807, 2.05) is 6.92 Å². The van der Waals surface area contributed by atoms with Gasteiger partial charge in [0.1, 0.15) is 5.69 Å². The molecule has 0 aliphatic carbocycles. The molecule has 0 radical (unpaired) electrons. The van der Waals surface area contributed by atoms with Gasteiger partial charge in [0.15, 0.2) is 0 Å². The molecule has 114 valence electrons. The number of hydrogen-bond donors (Lipinski definition) is 2. The highest BCUT2D eigenvalue weighted by molar-refractivity contribution is 5.97. The molecule has 1 aromatic rings. The van der Waals surface area contributed by atoms with Crippen LogP contribution in [0.25, 0.3) is 6.08 Å². The summed E-state index contributed by atoms with van der Waals surface area (Å²) in [4.78, 5) is 26.9. The van der Waals surface area contributed by atoms with E-state index in [0.29, 0.717) is 11.5 Å². The molecule has 2 atom stereocenters. The van der Waals surface area contributed by atoms with Crippen molar-refractivity contribution in [1.29, 1.82) is 0 Å². The number of carbonyl (C=O) groups is 2. The zero-order chi connectivity index (χ0) is 15.8. The summed E-state index contributed by atoms with van der Waals surface area (Å²) in [7, 11) is 0. The summed E-state index contributed by atoms with van der Waals surface area (Å²) in [5.41, 5.74) is 0.735. The summed E-state index contributed by atoms with van der Waals surface area (Å²) in [5.74, 6) is -0.804. The molecule has 0 spiro atoms. The molecule has 5 nitrogen and oxygen atoms in total. The van der Waals surface area contributed by atoms with E-state index in [-0.39, 0.29) is 17.6 Å². The van der Waals surface area contributed by atoms with Gasteiger partial charge in [-0.15, -0.1) is 0 Å². The van der Waals surface area contributed by atoms with E-state index in [0.717, 1.165) is 18.9 Å². The SMILES string of the molecule is CCC(C)CC(C)NC(=O)c1ncccc1/C=C/C(=O)O. The first-order valence-corrected chi connectivity index (χ1v) is 7.10. The Morgan fingerprint density at radius 3 is 2.76 bits per heavy atom. The lowest BCUT2D eigenvalue weighted by Gasteiger charge is -2.17. The van der Waals surface area contributed by atoms with E-state index in [9.17, 15) is 9.59 Å². The Morgan fingerprint density at radius 2 is 2.14 bits per heavy atom. The van der Waals surface area contributed by atoms with E-state index in [1.165, 1.54) is 12.3 Å². The van der Waals surface area contributed by atoms with Crippen molar-refractivity contribution in [3.63, 3.8) is 0 Å². The molecule has 0 saturated carbocycles. The van der Waals surface area contributed by atoms with Gasteiger partial charge < -0.3 is 10.4 Å². The Hall–Kier alpha value is -2.17. The third kappa shape index (κ3) is 5.77. The number of hydrogen-bond acceptors (Lipinski definition) is 3. The molecule has 0 aromatic carbocycles. The lowest BCUT2D eigenvalue weighted by Crippen LogP contribution is -2.34. The fourth-order valence-electron chi connectivity index (χ4n) is 2.02. The maximum Gasteiger partial charge on any atom is 0.328 e. The van der Waals surface area contributed by atoms with Crippen LogP contribution in [-0.2, 0) is 4.79 Å². The van der Waals surface area contributed by atoms with Crippen LogP contribution >= 0.6 is 0 Å². The molecule has 2 N–H and O–H groups in total. The van der Waals surface area contributed by atoms with E-state index in [1.54, 1.807) is 12.1 Å². The molecule has 0 bridgehead atoms. The molecular formula is C16H22N2O3. The first kappa shape index (κ1) is 16.9. The van der Waals surface area contributed by atoms with E-state index < -0.39 is 5.97 Å². The number of carboxylic acids is 1. The quantitative estimate of drug-likeness (QED) is 0.757. The minimum absolute atomic E-state index is 0.0470. The van der Waals surface area contributed by atoms with E-state index in [2.05, 4.69) is 24.1 Å². The van der Waals surface area contributed by atoms with Crippen LogP contribution in [0.4, 0.5) is 0 Å². The molecule has 1 amide bonds. The number of aliphatic carboxylic acids is 1. The summed E-state index contributed by atoms with van der Waals surface area (Å²) < 4.78 is 0. The van der Waals surface area contributed by atoms with Crippen LogP contribution in [0.2, 0.25) is 0 Å². The van der Waals surface area contributed by atoms with Gasteiger partial charge >= 0.3 is 5.97 Å². The molecule has 0 saturated heterocycles. The highest BCUT2D eigenvalue weighted by atomic mass is 16.4. The van der Waals surface area contributed by atoms with Crippen LogP contribution in [0.3, 0.4) is 0 Å². The van der Waals surface area contributed by atoms with Crippen molar-refractivity contribution >= 4 is 18.0 Å². The number of pyridine rings is 1. The first-order chi connectivity index (χ1) is 9.93. The molecule has 1 heterocycles. The van der Waals surface area contributed by atoms with Gasteiger partial charge in [0.25, 0.3) is 5.91 Å². The van der Waals surface area contributed by atoms with Gasteiger partial charge in [-0.1, -0.05) is 26.3 Å². The Labute approximate surface area is 125 Å². The summed E-state index contributed by atoms with van der Waals surface area (Å²) in [6.45, 7) is 6.22. The number of rotatable bonds is 7. The Bertz CT molecular complexity index is 526. The molecule has 1 aromatic heterocycles. The zero-order valence-corrected chi connectivity index (χ0v) is 12.7. The lowest BCUT2D eigenvalue weighted by atomic mass is 10.0. The summed E-state index contributed by atoms with van der Waals surface area (Å²) in [6, 6.07) is 3.38. The summed E-state index contributed by atoms with van der Waals surface area (Å²) >= 11 is 0. The Balaban J connectivity index is 2.80. The van der Waals surface area contributed by atoms with Crippen LogP contribution in [0.5, 0.6) is 0 Å². The molecular weight excluding hydrogens is 268 g/mol. The number of carboxylic acid groups (broad SMARTS) is 1. The van der Waals surface area contributed by atoms with Crippen LogP contribution < -0.4 is 5.32 Å². The number of nitrogens with one attached hydrogen (secondary N) is 1. The molecule has 0 aliphatic heterocycles. The van der Waals surface area contributed by atoms with Crippen molar-refractivity contribution in [3.05, 3.63) is 35.7 Å². The molecule has 0 fully saturated rings. The third-order valence-corrected chi connectivity index (χ3v) is 3.29. The van der Waals surface area contributed by atoms with Crippen molar-refractivity contribution in [2.45, 2.75) is 39.7 Å². The second-order valence-corrected chi connectivity index (χ2v) is 5.24. The molecule has 2 unspecified atom stereocenters. The average Bonchev–Trinajstić information content (AvgIpc) is 2.44. The van der Waals surface area contributed by atoms with Gasteiger partial charge in [0, 0.05) is 23.9 Å². The zero-order valence-electron chi connectivity index (χ0n) is 12.7. The monoisotopic (exact) mass is 290 g/mol. The van der Waals surface area contributed by atoms with Gasteiger partial charge in [0.2, 0.25) is 0 Å². The maximum absolute atomic E-state index is 12.2. The van der Waals surface area contributed by atoms with E-state index >= 15 is 0 Å². The van der Waals surface area contributed by atoms with Gasteiger partial charge in [0.05, 0.1) is 0 Å². The fourth-order valence-corrected chi connectivity index (χ4v) is 2.02. The Kier molecular flexibility index (Phi) is 6.59. The largest absolute Gasteiger partial charge is 0.478 e. The van der Waals surface area contributed by atoms with Crippen molar-refractivity contribution < 1.29 is 14.7 Å². The standard InChI is InChI=1S/C16H22N2O3/c1-4-11(2)10-12(3)18-16(21)15-13(6-5-9-17-15)7-8-14(19)20/h5-9,11-12H,4,10H2,1-3H3,(H,18,21)(H,19,20)/b8-7+. The molecule has 5 heteroatoms. The summed E-state index contributed by atoms with van der Waals surface area (Å²) in [5, 5.41) is 11.6. The van der Waals surface area contributed by atoms with E-state index in [4.69, 9.17) is 5.11 Å². The molecule has 0 aliphatic rings. The van der Waals surface area contributed by atoms with Crippen molar-refractivity contribution in [3.8, 4) is 0 Å². The average molecular weight is 290 g/mol. The van der Waals surface area contributed by atoms with Crippen LogP contribution in [0.1, 0.15) is 49.7 Å². The van der Waals surface area contributed by atoms with Crippen LogP contribution in [-0.4, -0.2) is 28.0 Å². The number of nitrogens with zero attached hydrogens (tertiary/aromatic N) is 1. The lowest BCUT2D eigenvalue weighted by molar-refractivity contribution is -0.131. The number of carbonyl (C=O) groups excluding carboxylic acids is 1. The predicted molar refractivity (Wildman–Crippen MR) is 81.9 cm³/mol. The predicted octanol–water partition coefficient (Wildman–Crippen LogP) is 2.73. The fraction of sp³-hybridized carbons (Fsp3) is 0.438. The smallest absolute Gasteiger partial charge is 0.328 e. The van der Waals surface area contributed by atoms with Gasteiger partial charge in [-0.3, -0.25) is 9.78 Å². The normalized spacial score (nSPS) is 13.9. The van der Waals surface area contributed by atoms with Crippen molar-refractivity contribution in [2.75, 3.05) is 0 Å².